The van der Waals surface area contributed by atoms with Crippen LogP contribution in [0.1, 0.15) is 64.0 Å². The fourth-order valence-electron chi connectivity index (χ4n) is 4.09. The fraction of sp³-hybridized carbons (Fsp3) is 0.500. The first-order valence-corrected chi connectivity index (χ1v) is 10.5. The van der Waals surface area contributed by atoms with Crippen LogP contribution < -0.4 is 10.1 Å². The molecule has 154 valence electrons. The van der Waals surface area contributed by atoms with Crippen molar-refractivity contribution in [1.82, 2.24) is 14.8 Å². The number of esters is 1. The van der Waals surface area contributed by atoms with Gasteiger partial charge in [0.15, 0.2) is 0 Å². The van der Waals surface area contributed by atoms with E-state index >= 15 is 0 Å². The molecule has 0 saturated heterocycles. The highest BCUT2D eigenvalue weighted by Gasteiger charge is 2.36. The Morgan fingerprint density at radius 1 is 1.24 bits per heavy atom. The largest absolute Gasteiger partial charge is 0.493 e. The van der Waals surface area contributed by atoms with Crippen molar-refractivity contribution in [1.29, 1.82) is 0 Å². The number of ether oxygens (including phenoxy) is 2. The van der Waals surface area contributed by atoms with E-state index in [0.29, 0.717) is 18.1 Å². The van der Waals surface area contributed by atoms with E-state index in [-0.39, 0.29) is 12.1 Å². The third-order valence-corrected chi connectivity index (χ3v) is 5.52. The smallest absolute Gasteiger partial charge is 0.338 e. The van der Waals surface area contributed by atoms with E-state index in [1.165, 1.54) is 12.7 Å². The third kappa shape index (κ3) is 3.99. The van der Waals surface area contributed by atoms with E-state index in [4.69, 9.17) is 9.47 Å². The second-order valence-corrected chi connectivity index (χ2v) is 7.65. The van der Waals surface area contributed by atoms with Crippen LogP contribution in [0.5, 0.6) is 5.75 Å². The number of benzene rings is 1. The van der Waals surface area contributed by atoms with Gasteiger partial charge in [0.05, 0.1) is 12.2 Å². The zero-order valence-corrected chi connectivity index (χ0v) is 17.1. The van der Waals surface area contributed by atoms with Crippen molar-refractivity contribution in [3.63, 3.8) is 0 Å². The lowest BCUT2D eigenvalue weighted by Crippen LogP contribution is -2.32. The number of carbonyl (C=O) groups excluding carboxylic acids is 1. The lowest BCUT2D eigenvalue weighted by Gasteiger charge is -2.30. The molecule has 1 fully saturated rings. The maximum absolute atomic E-state index is 13.3. The maximum Gasteiger partial charge on any atom is 0.338 e. The number of anilines is 1. The molecule has 2 aliphatic rings. The molecule has 1 atom stereocenters. The number of fused-ring (bicyclic) bond motifs is 1. The van der Waals surface area contributed by atoms with E-state index in [1.807, 2.05) is 31.2 Å². The fourth-order valence-corrected chi connectivity index (χ4v) is 4.09. The quantitative estimate of drug-likeness (QED) is 0.736. The van der Waals surface area contributed by atoms with Gasteiger partial charge in [-0.15, -0.1) is 0 Å². The predicted molar refractivity (Wildman–Crippen MR) is 110 cm³/mol. The molecule has 29 heavy (non-hydrogen) atoms. The van der Waals surface area contributed by atoms with Gasteiger partial charge in [0, 0.05) is 11.3 Å². The molecule has 1 aliphatic carbocycles. The van der Waals surface area contributed by atoms with Gasteiger partial charge in [0.1, 0.15) is 24.2 Å². The predicted octanol–water partition coefficient (Wildman–Crippen LogP) is 4.23. The summed E-state index contributed by atoms with van der Waals surface area (Å²) in [4.78, 5) is 17.6. The van der Waals surface area contributed by atoms with E-state index in [1.54, 1.807) is 4.68 Å². The van der Waals surface area contributed by atoms with Crippen molar-refractivity contribution >= 4 is 11.9 Å². The summed E-state index contributed by atoms with van der Waals surface area (Å²) >= 11 is 0. The molecule has 2 heterocycles. The maximum atomic E-state index is 13.3. The summed E-state index contributed by atoms with van der Waals surface area (Å²) < 4.78 is 13.6. The summed E-state index contributed by atoms with van der Waals surface area (Å²) in [6.45, 7) is 4.56. The van der Waals surface area contributed by atoms with Crippen LogP contribution in [-0.4, -0.2) is 33.4 Å². The van der Waals surface area contributed by atoms with Gasteiger partial charge in [0.2, 0.25) is 5.95 Å². The number of aromatic nitrogens is 3. The first-order valence-electron chi connectivity index (χ1n) is 10.5. The summed E-state index contributed by atoms with van der Waals surface area (Å²) in [6.07, 6.45) is 7.68. The van der Waals surface area contributed by atoms with E-state index in [0.717, 1.165) is 49.1 Å². The normalized spacial score (nSPS) is 19.4. The van der Waals surface area contributed by atoms with Gasteiger partial charge in [-0.2, -0.15) is 10.1 Å². The minimum absolute atomic E-state index is 0.0130. The Balaban J connectivity index is 1.72. The van der Waals surface area contributed by atoms with E-state index in [9.17, 15) is 4.79 Å². The van der Waals surface area contributed by atoms with Crippen molar-refractivity contribution < 1.29 is 14.3 Å². The monoisotopic (exact) mass is 396 g/mol. The van der Waals surface area contributed by atoms with Crippen LogP contribution in [-0.2, 0) is 9.53 Å². The minimum atomic E-state index is -0.446. The Morgan fingerprint density at radius 2 is 2.03 bits per heavy atom. The van der Waals surface area contributed by atoms with Gasteiger partial charge < -0.3 is 14.8 Å². The van der Waals surface area contributed by atoms with Gasteiger partial charge in [-0.25, -0.2) is 9.48 Å². The number of carbonyl (C=O) groups is 1. The van der Waals surface area contributed by atoms with Crippen LogP contribution in [0, 0.1) is 0 Å². The summed E-state index contributed by atoms with van der Waals surface area (Å²) in [5.41, 5.74) is 2.17. The molecule has 0 bridgehead atoms. The third-order valence-electron chi connectivity index (χ3n) is 5.52. The zero-order chi connectivity index (χ0) is 20.2. The number of nitrogens with one attached hydrogen (secondary N) is 1. The van der Waals surface area contributed by atoms with Gasteiger partial charge in [-0.3, -0.25) is 0 Å². The van der Waals surface area contributed by atoms with Crippen LogP contribution in [0.15, 0.2) is 41.9 Å². The number of rotatable bonds is 6. The summed E-state index contributed by atoms with van der Waals surface area (Å²) in [7, 11) is 0. The number of hydrogen-bond acceptors (Lipinski definition) is 6. The van der Waals surface area contributed by atoms with E-state index in [2.05, 4.69) is 22.3 Å². The minimum Gasteiger partial charge on any atom is -0.493 e. The Bertz CT molecular complexity index is 899. The Hall–Kier alpha value is -2.83. The lowest BCUT2D eigenvalue weighted by atomic mass is 9.94. The molecular weight excluding hydrogens is 368 g/mol. The Labute approximate surface area is 171 Å². The highest BCUT2D eigenvalue weighted by molar-refractivity contribution is 5.92. The van der Waals surface area contributed by atoms with Crippen LogP contribution in [0.4, 0.5) is 5.95 Å². The molecule has 1 aliphatic heterocycles. The first kappa shape index (κ1) is 19.5. The topological polar surface area (TPSA) is 78.3 Å². The van der Waals surface area contributed by atoms with Crippen LogP contribution in [0.3, 0.4) is 0 Å². The Morgan fingerprint density at radius 3 is 2.83 bits per heavy atom. The molecule has 2 aromatic rings. The standard InChI is InChI=1S/C22H28N4O3/c1-3-13-28-18-12-8-7-11-17(18)20-19(15(2)25-22-23-14-24-26(20)22)21(27)29-16-9-5-4-6-10-16/h7-8,11-12,14,16,20H,3-6,9-10,13H2,1-2H3,(H,23,24,25). The van der Waals surface area contributed by atoms with Gasteiger partial charge >= 0.3 is 5.97 Å². The van der Waals surface area contributed by atoms with Crippen molar-refractivity contribution in [3.05, 3.63) is 47.4 Å². The number of nitrogens with zero attached hydrogens (tertiary/aromatic N) is 3. The number of hydrogen-bond donors (Lipinski definition) is 1. The molecule has 0 radical (unpaired) electrons. The number of allylic oxidation sites excluding steroid dienone is 1. The van der Waals surface area contributed by atoms with E-state index < -0.39 is 6.04 Å². The first-order chi connectivity index (χ1) is 14.2. The van der Waals surface area contributed by atoms with Crippen molar-refractivity contribution in [3.8, 4) is 5.75 Å². The molecular formula is C22H28N4O3. The Kier molecular flexibility index (Phi) is 5.83. The molecule has 1 saturated carbocycles. The van der Waals surface area contributed by atoms with Crippen LogP contribution in [0.2, 0.25) is 0 Å². The molecule has 0 spiro atoms. The molecule has 1 aromatic heterocycles. The van der Waals surface area contributed by atoms with Gasteiger partial charge in [-0.05, 0) is 45.1 Å². The second kappa shape index (κ2) is 8.68. The SMILES string of the molecule is CCCOc1ccccc1C1C(C(=O)OC2CCCCC2)=C(C)Nc2ncnn21. The molecule has 1 unspecified atom stereocenters. The summed E-state index contributed by atoms with van der Waals surface area (Å²) in [5, 5.41) is 7.59. The molecule has 0 amide bonds. The second-order valence-electron chi connectivity index (χ2n) is 7.65. The van der Waals surface area contributed by atoms with Crippen LogP contribution in [0.25, 0.3) is 0 Å². The van der Waals surface area contributed by atoms with Crippen molar-refractivity contribution in [2.75, 3.05) is 11.9 Å². The highest BCUT2D eigenvalue weighted by Crippen LogP contribution is 2.39. The van der Waals surface area contributed by atoms with Crippen molar-refractivity contribution in [2.24, 2.45) is 0 Å². The van der Waals surface area contributed by atoms with Crippen molar-refractivity contribution in [2.45, 2.75) is 64.5 Å². The lowest BCUT2D eigenvalue weighted by molar-refractivity contribution is -0.146. The highest BCUT2D eigenvalue weighted by atomic mass is 16.5. The molecule has 7 nitrogen and oxygen atoms in total. The number of para-hydroxylation sites is 1. The average Bonchev–Trinajstić information content (AvgIpc) is 3.20. The molecule has 7 heteroatoms. The molecule has 1 N–H and O–H groups in total. The molecule has 4 rings (SSSR count). The zero-order valence-electron chi connectivity index (χ0n) is 17.1. The van der Waals surface area contributed by atoms with Gasteiger partial charge in [-0.1, -0.05) is 31.5 Å². The van der Waals surface area contributed by atoms with Crippen LogP contribution >= 0.6 is 0 Å². The average molecular weight is 396 g/mol. The summed E-state index contributed by atoms with van der Waals surface area (Å²) in [5.74, 6) is 1.06. The van der Waals surface area contributed by atoms with Gasteiger partial charge in [0.25, 0.3) is 0 Å². The summed E-state index contributed by atoms with van der Waals surface area (Å²) in [6, 6.07) is 7.36. The molecule has 1 aromatic carbocycles.